The fourth-order valence-corrected chi connectivity index (χ4v) is 5.80. The number of hydrogen-bond acceptors (Lipinski definition) is 5. The van der Waals surface area contributed by atoms with Crippen LogP contribution >= 0.6 is 34.8 Å². The van der Waals surface area contributed by atoms with Gasteiger partial charge >= 0.3 is 5.97 Å². The van der Waals surface area contributed by atoms with E-state index in [1.807, 2.05) is 18.2 Å². The van der Waals surface area contributed by atoms with E-state index in [0.717, 1.165) is 53.9 Å². The maximum Gasteiger partial charge on any atom is 0.335 e. The van der Waals surface area contributed by atoms with Crippen molar-refractivity contribution in [3.63, 3.8) is 0 Å². The molecule has 1 aliphatic heterocycles. The number of carboxylic acid groups (broad SMARTS) is 1. The van der Waals surface area contributed by atoms with Crippen LogP contribution in [0.5, 0.6) is 5.75 Å². The molecule has 9 heteroatoms. The van der Waals surface area contributed by atoms with Crippen molar-refractivity contribution in [2.24, 2.45) is 0 Å². The molecule has 1 aromatic heterocycles. The molecule has 0 spiro atoms. The number of rotatable bonds is 7. The molecule has 1 fully saturated rings. The molecule has 0 atom stereocenters. The summed E-state index contributed by atoms with van der Waals surface area (Å²) in [4.78, 5) is 13.6. The summed E-state index contributed by atoms with van der Waals surface area (Å²) in [6.45, 7) is 1.60. The van der Waals surface area contributed by atoms with Gasteiger partial charge in [0.05, 0.1) is 31.9 Å². The van der Waals surface area contributed by atoms with E-state index >= 15 is 0 Å². The Labute approximate surface area is 234 Å². The second-order valence-corrected chi connectivity index (χ2v) is 10.8. The average molecular weight is 570 g/mol. The molecule has 194 valence electrons. The molecule has 3 aromatic carbocycles. The third kappa shape index (κ3) is 4.84. The number of halogens is 3. The number of aromatic nitrogens is 1. The molecule has 0 amide bonds. The molecule has 0 saturated heterocycles. The average Bonchev–Trinajstić information content (AvgIpc) is 3.67. The summed E-state index contributed by atoms with van der Waals surface area (Å²) in [7, 11) is 0. The summed E-state index contributed by atoms with van der Waals surface area (Å²) < 4.78 is 11.9. The Morgan fingerprint density at radius 1 is 1.03 bits per heavy atom. The smallest absolute Gasteiger partial charge is 0.335 e. The number of fused-ring (bicyclic) bond motifs is 1. The summed E-state index contributed by atoms with van der Waals surface area (Å²) in [5, 5.41) is 15.2. The van der Waals surface area contributed by atoms with Crippen LogP contribution in [0.4, 0.5) is 5.69 Å². The van der Waals surface area contributed by atoms with Gasteiger partial charge in [0.2, 0.25) is 0 Å². The third-order valence-corrected chi connectivity index (χ3v) is 8.01. The van der Waals surface area contributed by atoms with Gasteiger partial charge in [-0.25, -0.2) is 4.79 Å². The summed E-state index contributed by atoms with van der Waals surface area (Å²) in [5.74, 6) is 0.822. The summed E-state index contributed by atoms with van der Waals surface area (Å²) in [5.41, 5.74) is 5.39. The van der Waals surface area contributed by atoms with Crippen molar-refractivity contribution in [2.45, 2.75) is 38.3 Å². The Morgan fingerprint density at radius 3 is 2.53 bits per heavy atom. The minimum absolute atomic E-state index is 0.233. The SMILES string of the molecule is O=C(O)c1ccc2c(c1)CN(c1ccc(OCc3c(-c4c(Cl)cccc4Cl)noc3C3CC3)cc1Cl)CC2. The van der Waals surface area contributed by atoms with Crippen LogP contribution in [-0.4, -0.2) is 22.8 Å². The van der Waals surface area contributed by atoms with Crippen LogP contribution in [0.25, 0.3) is 11.3 Å². The van der Waals surface area contributed by atoms with Crippen molar-refractivity contribution >= 4 is 46.5 Å². The number of carbonyl (C=O) groups is 1. The van der Waals surface area contributed by atoms with Crippen LogP contribution in [0.2, 0.25) is 15.1 Å². The van der Waals surface area contributed by atoms with Crippen LogP contribution in [0.3, 0.4) is 0 Å². The Hall–Kier alpha value is -3.19. The highest BCUT2D eigenvalue weighted by Crippen LogP contribution is 2.46. The lowest BCUT2D eigenvalue weighted by Crippen LogP contribution is -2.30. The van der Waals surface area contributed by atoms with Crippen LogP contribution in [0.15, 0.2) is 59.1 Å². The predicted octanol–water partition coefficient (Wildman–Crippen LogP) is 8.02. The fourth-order valence-electron chi connectivity index (χ4n) is 4.93. The lowest BCUT2D eigenvalue weighted by atomic mass is 9.97. The van der Waals surface area contributed by atoms with Crippen molar-refractivity contribution in [3.8, 4) is 17.0 Å². The van der Waals surface area contributed by atoms with Gasteiger partial charge in [0.15, 0.2) is 0 Å². The Kier molecular flexibility index (Phi) is 6.72. The number of benzene rings is 3. The lowest BCUT2D eigenvalue weighted by Gasteiger charge is -2.31. The van der Waals surface area contributed by atoms with E-state index in [1.165, 1.54) is 0 Å². The fraction of sp³-hybridized carbons (Fsp3) is 0.241. The Bertz CT molecular complexity index is 1530. The second-order valence-electron chi connectivity index (χ2n) is 9.61. The highest BCUT2D eigenvalue weighted by molar-refractivity contribution is 6.39. The summed E-state index contributed by atoms with van der Waals surface area (Å²) in [6, 6.07) is 16.3. The molecule has 6 rings (SSSR count). The number of aromatic carboxylic acids is 1. The molecule has 6 nitrogen and oxygen atoms in total. The monoisotopic (exact) mass is 568 g/mol. The highest BCUT2D eigenvalue weighted by Gasteiger charge is 2.33. The van der Waals surface area contributed by atoms with E-state index < -0.39 is 5.97 Å². The normalized spacial score (nSPS) is 14.9. The van der Waals surface area contributed by atoms with Crippen LogP contribution in [-0.2, 0) is 19.6 Å². The van der Waals surface area contributed by atoms with E-state index in [1.54, 1.807) is 36.4 Å². The van der Waals surface area contributed by atoms with Crippen LogP contribution in [0.1, 0.15) is 51.6 Å². The van der Waals surface area contributed by atoms with Gasteiger partial charge in [0.25, 0.3) is 0 Å². The van der Waals surface area contributed by atoms with E-state index in [2.05, 4.69) is 10.1 Å². The molecule has 1 aliphatic carbocycles. The molecular formula is C29H23Cl3N2O4. The topological polar surface area (TPSA) is 75.8 Å². The zero-order valence-corrected chi connectivity index (χ0v) is 22.5. The van der Waals surface area contributed by atoms with Crippen LogP contribution in [0, 0.1) is 0 Å². The van der Waals surface area contributed by atoms with Gasteiger partial charge in [0.1, 0.15) is 23.8 Å². The van der Waals surface area contributed by atoms with E-state index in [9.17, 15) is 9.90 Å². The van der Waals surface area contributed by atoms with Gasteiger partial charge in [-0.15, -0.1) is 0 Å². The van der Waals surface area contributed by atoms with Crippen LogP contribution < -0.4 is 9.64 Å². The molecule has 1 N–H and O–H groups in total. The molecule has 38 heavy (non-hydrogen) atoms. The number of nitrogens with zero attached hydrogens (tertiary/aromatic N) is 2. The van der Waals surface area contributed by atoms with Crippen molar-refractivity contribution < 1.29 is 19.2 Å². The molecule has 2 heterocycles. The molecular weight excluding hydrogens is 547 g/mol. The van der Waals surface area contributed by atoms with Crippen molar-refractivity contribution in [3.05, 3.63) is 97.7 Å². The largest absolute Gasteiger partial charge is 0.489 e. The highest BCUT2D eigenvalue weighted by atomic mass is 35.5. The van der Waals surface area contributed by atoms with E-state index in [4.69, 9.17) is 44.1 Å². The summed E-state index contributed by atoms with van der Waals surface area (Å²) >= 11 is 19.6. The minimum atomic E-state index is -0.929. The molecule has 0 radical (unpaired) electrons. The van der Waals surface area contributed by atoms with Crippen molar-refractivity contribution in [1.29, 1.82) is 0 Å². The molecule has 1 saturated carbocycles. The lowest BCUT2D eigenvalue weighted by molar-refractivity contribution is 0.0696. The van der Waals surface area contributed by atoms with Crippen molar-refractivity contribution in [1.82, 2.24) is 5.16 Å². The molecule has 0 unspecified atom stereocenters. The van der Waals surface area contributed by atoms with Gasteiger partial charge in [-0.3, -0.25) is 0 Å². The third-order valence-electron chi connectivity index (χ3n) is 7.07. The van der Waals surface area contributed by atoms with Crippen molar-refractivity contribution in [2.75, 3.05) is 11.4 Å². The zero-order valence-electron chi connectivity index (χ0n) is 20.2. The maximum atomic E-state index is 11.4. The van der Waals surface area contributed by atoms with E-state index in [0.29, 0.717) is 44.5 Å². The first-order chi connectivity index (χ1) is 18.4. The van der Waals surface area contributed by atoms with Gasteiger partial charge in [-0.05, 0) is 66.8 Å². The Morgan fingerprint density at radius 2 is 1.82 bits per heavy atom. The first-order valence-corrected chi connectivity index (χ1v) is 13.5. The standard InChI is InChI=1S/C29H23Cl3N2O4/c30-22-2-1-3-23(31)26(22)27-21(28(38-33-27)17-5-6-17)15-37-20-8-9-25(24(32)13-20)34-11-10-16-4-7-18(29(35)36)12-19(16)14-34/h1-4,7-9,12-13,17H,5-6,10-11,14-15H2,(H,35,36). The van der Waals surface area contributed by atoms with E-state index in [-0.39, 0.29) is 12.2 Å². The predicted molar refractivity (Wildman–Crippen MR) is 148 cm³/mol. The molecule has 2 aliphatic rings. The van der Waals surface area contributed by atoms with Gasteiger partial charge in [0, 0.05) is 30.6 Å². The van der Waals surface area contributed by atoms with Gasteiger partial charge < -0.3 is 19.3 Å². The Balaban J connectivity index is 1.22. The first kappa shape index (κ1) is 25.1. The van der Waals surface area contributed by atoms with Gasteiger partial charge in [-0.2, -0.15) is 0 Å². The summed E-state index contributed by atoms with van der Waals surface area (Å²) in [6.07, 6.45) is 2.91. The maximum absolute atomic E-state index is 11.4. The quantitative estimate of drug-likeness (QED) is 0.243. The number of ether oxygens (including phenoxy) is 1. The zero-order chi connectivity index (χ0) is 26.4. The number of anilines is 1. The molecule has 4 aromatic rings. The second kappa shape index (κ2) is 10.2. The number of carboxylic acids is 1. The minimum Gasteiger partial charge on any atom is -0.489 e. The van der Waals surface area contributed by atoms with Gasteiger partial charge in [-0.1, -0.05) is 52.1 Å². The first-order valence-electron chi connectivity index (χ1n) is 12.3. The molecule has 0 bridgehead atoms. The number of hydrogen-bond donors (Lipinski definition) is 1.